The van der Waals surface area contributed by atoms with Crippen LogP contribution in [0, 0.1) is 6.92 Å². The van der Waals surface area contributed by atoms with E-state index < -0.39 is 5.97 Å². The van der Waals surface area contributed by atoms with Gasteiger partial charge in [-0.2, -0.15) is 0 Å². The van der Waals surface area contributed by atoms with E-state index in [4.69, 9.17) is 5.11 Å². The summed E-state index contributed by atoms with van der Waals surface area (Å²) in [4.78, 5) is 12.9. The summed E-state index contributed by atoms with van der Waals surface area (Å²) in [5.41, 5.74) is 2.48. The molecule has 1 unspecified atom stereocenters. The van der Waals surface area contributed by atoms with Crippen LogP contribution in [0.3, 0.4) is 0 Å². The highest BCUT2D eigenvalue weighted by atomic mass is 16.4. The second-order valence-electron chi connectivity index (χ2n) is 4.90. The van der Waals surface area contributed by atoms with Crippen molar-refractivity contribution in [3.05, 3.63) is 29.8 Å². The average Bonchev–Trinajstić information content (AvgIpc) is 2.37. The molecule has 98 valence electrons. The summed E-state index contributed by atoms with van der Waals surface area (Å²) < 4.78 is 0. The summed E-state index contributed by atoms with van der Waals surface area (Å²) in [5.74, 6) is -0.789. The predicted molar refractivity (Wildman–Crippen MR) is 72.1 cm³/mol. The summed E-state index contributed by atoms with van der Waals surface area (Å²) in [7, 11) is 0. The molecule has 1 fully saturated rings. The molecule has 0 bridgehead atoms. The molecule has 1 aliphatic rings. The first-order chi connectivity index (χ1) is 8.65. The van der Waals surface area contributed by atoms with E-state index in [2.05, 4.69) is 41.4 Å². The van der Waals surface area contributed by atoms with E-state index in [0.717, 1.165) is 25.9 Å². The Balaban J connectivity index is 1.93. The van der Waals surface area contributed by atoms with Gasteiger partial charge in [0.05, 0.1) is 6.54 Å². The number of carbonyl (C=O) groups is 1. The summed E-state index contributed by atoms with van der Waals surface area (Å²) in [5, 5.41) is 11.8. The van der Waals surface area contributed by atoms with Crippen LogP contribution in [0.25, 0.3) is 0 Å². The van der Waals surface area contributed by atoms with Gasteiger partial charge in [0.25, 0.3) is 0 Å². The van der Waals surface area contributed by atoms with Crippen LogP contribution in [-0.4, -0.2) is 36.8 Å². The van der Waals surface area contributed by atoms with E-state index in [-0.39, 0.29) is 12.6 Å². The number of rotatable bonds is 4. The first-order valence-corrected chi connectivity index (χ1v) is 6.42. The maximum atomic E-state index is 10.6. The normalized spacial score (nSPS) is 19.8. The average molecular weight is 248 g/mol. The minimum absolute atomic E-state index is 0.0480. The number of aliphatic carboxylic acids is 1. The smallest absolute Gasteiger partial charge is 0.317 e. The second-order valence-corrected chi connectivity index (χ2v) is 4.90. The third kappa shape index (κ3) is 3.47. The van der Waals surface area contributed by atoms with Gasteiger partial charge in [-0.25, -0.2) is 0 Å². The van der Waals surface area contributed by atoms with E-state index >= 15 is 0 Å². The second kappa shape index (κ2) is 5.87. The molecule has 4 heteroatoms. The van der Waals surface area contributed by atoms with Gasteiger partial charge in [-0.05, 0) is 31.9 Å². The van der Waals surface area contributed by atoms with Gasteiger partial charge in [0, 0.05) is 24.8 Å². The molecule has 0 aromatic heterocycles. The molecule has 2 N–H and O–H groups in total. The van der Waals surface area contributed by atoms with Crippen LogP contribution in [0.4, 0.5) is 5.69 Å². The first kappa shape index (κ1) is 12.9. The number of nitrogens with zero attached hydrogens (tertiary/aromatic N) is 1. The lowest BCUT2D eigenvalue weighted by Gasteiger charge is -2.34. The van der Waals surface area contributed by atoms with Crippen molar-refractivity contribution in [3.8, 4) is 0 Å². The molecule has 4 nitrogen and oxygen atoms in total. The van der Waals surface area contributed by atoms with Crippen molar-refractivity contribution >= 4 is 11.7 Å². The molecule has 0 radical (unpaired) electrons. The Morgan fingerprint density at radius 1 is 1.44 bits per heavy atom. The van der Waals surface area contributed by atoms with Crippen LogP contribution in [0.1, 0.15) is 18.4 Å². The molecule has 0 spiro atoms. The third-order valence-corrected chi connectivity index (χ3v) is 3.36. The maximum Gasteiger partial charge on any atom is 0.317 e. The van der Waals surface area contributed by atoms with Gasteiger partial charge in [-0.3, -0.25) is 4.79 Å². The molecule has 2 rings (SSSR count). The number of benzene rings is 1. The Morgan fingerprint density at radius 3 is 2.83 bits per heavy atom. The minimum Gasteiger partial charge on any atom is -0.480 e. The van der Waals surface area contributed by atoms with Crippen LogP contribution >= 0.6 is 0 Å². The zero-order valence-corrected chi connectivity index (χ0v) is 10.7. The van der Waals surface area contributed by atoms with E-state index in [1.807, 2.05) is 0 Å². The van der Waals surface area contributed by atoms with Gasteiger partial charge < -0.3 is 15.3 Å². The van der Waals surface area contributed by atoms with Crippen molar-refractivity contribution in [2.24, 2.45) is 0 Å². The van der Waals surface area contributed by atoms with Crippen molar-refractivity contribution in [2.45, 2.75) is 25.8 Å². The molecular formula is C14H20N2O2. The fraction of sp³-hybridized carbons (Fsp3) is 0.500. The summed E-state index contributed by atoms with van der Waals surface area (Å²) >= 11 is 0. The Labute approximate surface area is 108 Å². The van der Waals surface area contributed by atoms with Crippen LogP contribution < -0.4 is 10.2 Å². The number of anilines is 1. The Bertz CT molecular complexity index is 403. The summed E-state index contributed by atoms with van der Waals surface area (Å²) in [6.07, 6.45) is 2.15. The zero-order valence-electron chi connectivity index (χ0n) is 10.7. The number of hydrogen-bond acceptors (Lipinski definition) is 3. The molecule has 1 atom stereocenters. The number of carboxylic acids is 1. The van der Waals surface area contributed by atoms with Crippen LogP contribution in [0.5, 0.6) is 0 Å². The molecule has 0 saturated carbocycles. The first-order valence-electron chi connectivity index (χ1n) is 6.42. The van der Waals surface area contributed by atoms with E-state index in [1.54, 1.807) is 0 Å². The number of carboxylic acid groups (broad SMARTS) is 1. The topological polar surface area (TPSA) is 52.6 Å². The highest BCUT2D eigenvalue weighted by Gasteiger charge is 2.20. The monoisotopic (exact) mass is 248 g/mol. The standard InChI is InChI=1S/C14H20N2O2/c1-11-4-6-13(7-5-11)16-8-2-3-12(10-16)15-9-14(17)18/h4-7,12,15H,2-3,8-10H2,1H3,(H,17,18). The largest absolute Gasteiger partial charge is 0.480 e. The lowest BCUT2D eigenvalue weighted by Crippen LogP contribution is -2.47. The van der Waals surface area contributed by atoms with Crippen molar-refractivity contribution in [1.82, 2.24) is 5.32 Å². The third-order valence-electron chi connectivity index (χ3n) is 3.36. The van der Waals surface area contributed by atoms with Gasteiger partial charge in [-0.1, -0.05) is 17.7 Å². The Morgan fingerprint density at radius 2 is 2.17 bits per heavy atom. The molecule has 0 amide bonds. The molecule has 0 aliphatic carbocycles. The van der Waals surface area contributed by atoms with Gasteiger partial charge in [0.2, 0.25) is 0 Å². The van der Waals surface area contributed by atoms with Gasteiger partial charge in [-0.15, -0.1) is 0 Å². The fourth-order valence-corrected chi connectivity index (χ4v) is 2.37. The van der Waals surface area contributed by atoms with Gasteiger partial charge in [0.1, 0.15) is 0 Å². The number of hydrogen-bond donors (Lipinski definition) is 2. The maximum absolute atomic E-state index is 10.6. The summed E-state index contributed by atoms with van der Waals surface area (Å²) in [6, 6.07) is 8.77. The predicted octanol–water partition coefficient (Wildman–Crippen LogP) is 1.64. The molecule has 1 aliphatic heterocycles. The van der Waals surface area contributed by atoms with Gasteiger partial charge in [0.15, 0.2) is 0 Å². The lowest BCUT2D eigenvalue weighted by atomic mass is 10.0. The molecule has 18 heavy (non-hydrogen) atoms. The van der Waals surface area contributed by atoms with E-state index in [9.17, 15) is 4.79 Å². The van der Waals surface area contributed by atoms with Crippen molar-refractivity contribution in [3.63, 3.8) is 0 Å². The van der Waals surface area contributed by atoms with Crippen molar-refractivity contribution < 1.29 is 9.90 Å². The molecule has 1 heterocycles. The van der Waals surface area contributed by atoms with Gasteiger partial charge >= 0.3 is 5.97 Å². The van der Waals surface area contributed by atoms with Crippen LogP contribution in [0.15, 0.2) is 24.3 Å². The number of nitrogens with one attached hydrogen (secondary N) is 1. The quantitative estimate of drug-likeness (QED) is 0.850. The van der Waals surface area contributed by atoms with E-state index in [1.165, 1.54) is 11.3 Å². The minimum atomic E-state index is -0.789. The fourth-order valence-electron chi connectivity index (χ4n) is 2.37. The van der Waals surface area contributed by atoms with Crippen molar-refractivity contribution in [1.29, 1.82) is 0 Å². The SMILES string of the molecule is Cc1ccc(N2CCCC(NCC(=O)O)C2)cc1. The molecular weight excluding hydrogens is 228 g/mol. The number of aryl methyl sites for hydroxylation is 1. The zero-order chi connectivity index (χ0) is 13.0. The number of piperidine rings is 1. The Kier molecular flexibility index (Phi) is 4.20. The summed E-state index contributed by atoms with van der Waals surface area (Å²) in [6.45, 7) is 4.06. The van der Waals surface area contributed by atoms with Crippen LogP contribution in [0.2, 0.25) is 0 Å². The molecule has 1 saturated heterocycles. The van der Waals surface area contributed by atoms with Crippen LogP contribution in [-0.2, 0) is 4.79 Å². The molecule has 1 aromatic rings. The highest BCUT2D eigenvalue weighted by molar-refractivity contribution is 5.69. The molecule has 1 aromatic carbocycles. The lowest BCUT2D eigenvalue weighted by molar-refractivity contribution is -0.136. The highest BCUT2D eigenvalue weighted by Crippen LogP contribution is 2.20. The van der Waals surface area contributed by atoms with Crippen molar-refractivity contribution in [2.75, 3.05) is 24.5 Å². The van der Waals surface area contributed by atoms with E-state index in [0.29, 0.717) is 0 Å². The Hall–Kier alpha value is -1.55.